The minimum atomic E-state index is -0.160. The van der Waals surface area contributed by atoms with Crippen molar-refractivity contribution in [3.05, 3.63) is 12.5 Å². The van der Waals surface area contributed by atoms with Crippen LogP contribution in [0.2, 0.25) is 0 Å². The van der Waals surface area contributed by atoms with Crippen LogP contribution in [0.4, 0.5) is 5.95 Å². The predicted molar refractivity (Wildman–Crippen MR) is 86.8 cm³/mol. The van der Waals surface area contributed by atoms with Crippen LogP contribution >= 0.6 is 0 Å². The third-order valence-electron chi connectivity index (χ3n) is 3.08. The van der Waals surface area contributed by atoms with Crippen LogP contribution in [-0.4, -0.2) is 51.0 Å². The van der Waals surface area contributed by atoms with E-state index in [2.05, 4.69) is 15.0 Å². The number of imidazole rings is 1. The standard InChI is InChI=1S/C15H25N5O3/c1-10(2)21-6-12(7-22-11(3)4)23-9-20-8-18-14-13(20)5-17-15(16)19-14/h5,8,10-12H,6-7,9H2,1-4H3,(H2,16,17,19). The van der Waals surface area contributed by atoms with Crippen molar-refractivity contribution in [1.82, 2.24) is 19.5 Å². The van der Waals surface area contributed by atoms with Crippen LogP contribution in [0.25, 0.3) is 11.2 Å². The van der Waals surface area contributed by atoms with Crippen molar-refractivity contribution < 1.29 is 14.2 Å². The molecular weight excluding hydrogens is 298 g/mol. The van der Waals surface area contributed by atoms with E-state index in [9.17, 15) is 0 Å². The average molecular weight is 323 g/mol. The van der Waals surface area contributed by atoms with Crippen LogP contribution in [0, 0.1) is 0 Å². The number of ether oxygens (including phenoxy) is 3. The highest BCUT2D eigenvalue weighted by molar-refractivity contribution is 5.70. The second-order valence-electron chi connectivity index (χ2n) is 5.83. The van der Waals surface area contributed by atoms with Gasteiger partial charge in [-0.2, -0.15) is 4.98 Å². The first-order valence-corrected chi connectivity index (χ1v) is 7.74. The van der Waals surface area contributed by atoms with Crippen molar-refractivity contribution in [1.29, 1.82) is 0 Å². The Kier molecular flexibility index (Phi) is 6.26. The summed E-state index contributed by atoms with van der Waals surface area (Å²) in [5.74, 6) is 0.206. The lowest BCUT2D eigenvalue weighted by Gasteiger charge is -2.21. The van der Waals surface area contributed by atoms with Gasteiger partial charge in [0.05, 0.1) is 37.9 Å². The maximum atomic E-state index is 5.91. The topological polar surface area (TPSA) is 97.3 Å². The molecule has 0 saturated carbocycles. The summed E-state index contributed by atoms with van der Waals surface area (Å²) in [7, 11) is 0. The molecule has 0 aliphatic rings. The van der Waals surface area contributed by atoms with Gasteiger partial charge in [0.1, 0.15) is 18.4 Å². The average Bonchev–Trinajstić information content (AvgIpc) is 2.88. The van der Waals surface area contributed by atoms with E-state index < -0.39 is 0 Å². The lowest BCUT2D eigenvalue weighted by Crippen LogP contribution is -2.29. The van der Waals surface area contributed by atoms with Crippen molar-refractivity contribution in [2.24, 2.45) is 0 Å². The van der Waals surface area contributed by atoms with Crippen LogP contribution in [-0.2, 0) is 20.9 Å². The smallest absolute Gasteiger partial charge is 0.222 e. The molecule has 0 aliphatic carbocycles. The van der Waals surface area contributed by atoms with Gasteiger partial charge < -0.3 is 24.5 Å². The molecule has 2 heterocycles. The molecule has 8 heteroatoms. The fraction of sp³-hybridized carbons (Fsp3) is 0.667. The van der Waals surface area contributed by atoms with Crippen molar-refractivity contribution in [3.63, 3.8) is 0 Å². The Hall–Kier alpha value is -1.77. The Morgan fingerprint density at radius 3 is 2.30 bits per heavy atom. The molecule has 2 N–H and O–H groups in total. The van der Waals surface area contributed by atoms with Crippen molar-refractivity contribution in [3.8, 4) is 0 Å². The molecule has 0 amide bonds. The van der Waals surface area contributed by atoms with Gasteiger partial charge in [0, 0.05) is 0 Å². The minimum Gasteiger partial charge on any atom is -0.376 e. The molecule has 0 unspecified atom stereocenters. The first kappa shape index (κ1) is 17.6. The normalized spacial score (nSPS) is 12.1. The Morgan fingerprint density at radius 2 is 1.70 bits per heavy atom. The van der Waals surface area contributed by atoms with E-state index in [1.165, 1.54) is 0 Å². The Labute approximate surface area is 136 Å². The summed E-state index contributed by atoms with van der Waals surface area (Å²) in [6, 6.07) is 0. The van der Waals surface area contributed by atoms with Crippen LogP contribution < -0.4 is 5.73 Å². The number of aromatic nitrogens is 4. The summed E-state index contributed by atoms with van der Waals surface area (Å²) in [5.41, 5.74) is 6.88. The molecule has 2 aromatic heterocycles. The molecule has 0 bridgehead atoms. The highest BCUT2D eigenvalue weighted by Gasteiger charge is 2.14. The van der Waals surface area contributed by atoms with Gasteiger partial charge in [-0.3, -0.25) is 0 Å². The molecule has 0 aliphatic heterocycles. The van der Waals surface area contributed by atoms with E-state index in [-0.39, 0.29) is 24.3 Å². The van der Waals surface area contributed by atoms with Crippen LogP contribution in [0.1, 0.15) is 27.7 Å². The van der Waals surface area contributed by atoms with Gasteiger partial charge in [-0.15, -0.1) is 0 Å². The summed E-state index contributed by atoms with van der Waals surface area (Å²) in [5, 5.41) is 0. The molecule has 8 nitrogen and oxygen atoms in total. The number of nitrogens with zero attached hydrogens (tertiary/aromatic N) is 4. The quantitative estimate of drug-likeness (QED) is 0.748. The Bertz CT molecular complexity index is 602. The Balaban J connectivity index is 1.97. The number of rotatable bonds is 9. The summed E-state index contributed by atoms with van der Waals surface area (Å²) in [6.45, 7) is 9.23. The summed E-state index contributed by atoms with van der Waals surface area (Å²) in [6.07, 6.45) is 3.42. The van der Waals surface area contributed by atoms with Gasteiger partial charge in [0.2, 0.25) is 5.95 Å². The molecular formula is C15H25N5O3. The maximum Gasteiger partial charge on any atom is 0.222 e. The number of nitrogens with two attached hydrogens (primary N) is 1. The van der Waals surface area contributed by atoms with Crippen LogP contribution in [0.3, 0.4) is 0 Å². The summed E-state index contributed by atoms with van der Waals surface area (Å²) < 4.78 is 19.0. The van der Waals surface area contributed by atoms with Gasteiger partial charge in [0.15, 0.2) is 5.65 Å². The predicted octanol–water partition coefficient (Wildman–Crippen LogP) is 1.60. The number of nitrogen functional groups attached to an aromatic ring is 1. The van der Waals surface area contributed by atoms with Crippen LogP contribution in [0.5, 0.6) is 0 Å². The van der Waals surface area contributed by atoms with E-state index in [4.69, 9.17) is 19.9 Å². The van der Waals surface area contributed by atoms with Gasteiger partial charge in [0.25, 0.3) is 0 Å². The first-order valence-electron chi connectivity index (χ1n) is 7.74. The number of hydrogen-bond acceptors (Lipinski definition) is 7. The van der Waals surface area contributed by atoms with E-state index in [1.54, 1.807) is 12.5 Å². The Morgan fingerprint density at radius 1 is 1.04 bits per heavy atom. The number of hydrogen-bond donors (Lipinski definition) is 1. The zero-order chi connectivity index (χ0) is 16.8. The molecule has 0 atom stereocenters. The fourth-order valence-corrected chi connectivity index (χ4v) is 1.90. The van der Waals surface area contributed by atoms with E-state index in [1.807, 2.05) is 32.3 Å². The molecule has 0 spiro atoms. The molecule has 23 heavy (non-hydrogen) atoms. The summed E-state index contributed by atoms with van der Waals surface area (Å²) in [4.78, 5) is 12.3. The van der Waals surface area contributed by atoms with Crippen molar-refractivity contribution in [2.45, 2.75) is 52.7 Å². The van der Waals surface area contributed by atoms with Gasteiger partial charge in [-0.05, 0) is 27.7 Å². The number of anilines is 1. The van der Waals surface area contributed by atoms with Crippen molar-refractivity contribution in [2.75, 3.05) is 18.9 Å². The monoisotopic (exact) mass is 323 g/mol. The highest BCUT2D eigenvalue weighted by atomic mass is 16.6. The second-order valence-corrected chi connectivity index (χ2v) is 5.83. The van der Waals surface area contributed by atoms with Gasteiger partial charge in [-0.25, -0.2) is 9.97 Å². The van der Waals surface area contributed by atoms with Crippen LogP contribution in [0.15, 0.2) is 12.5 Å². The maximum absolute atomic E-state index is 5.91. The van der Waals surface area contributed by atoms with Gasteiger partial charge in [-0.1, -0.05) is 0 Å². The molecule has 2 rings (SSSR count). The van der Waals surface area contributed by atoms with E-state index in [0.29, 0.717) is 25.6 Å². The lowest BCUT2D eigenvalue weighted by atomic mass is 10.3. The summed E-state index contributed by atoms with van der Waals surface area (Å²) >= 11 is 0. The SMILES string of the molecule is CC(C)OCC(COC(C)C)OCn1cnc2nc(N)ncc21. The third-order valence-corrected chi connectivity index (χ3v) is 3.08. The second kappa shape index (κ2) is 8.19. The molecule has 0 fully saturated rings. The molecule has 0 aromatic carbocycles. The molecule has 0 radical (unpaired) electrons. The largest absolute Gasteiger partial charge is 0.376 e. The molecule has 0 saturated heterocycles. The van der Waals surface area contributed by atoms with E-state index in [0.717, 1.165) is 5.52 Å². The molecule has 2 aromatic rings. The molecule has 128 valence electrons. The van der Waals surface area contributed by atoms with E-state index >= 15 is 0 Å². The lowest BCUT2D eigenvalue weighted by molar-refractivity contribution is -0.0987. The first-order chi connectivity index (χ1) is 11.0. The minimum absolute atomic E-state index is 0.144. The van der Waals surface area contributed by atoms with Crippen molar-refractivity contribution >= 4 is 17.1 Å². The fourth-order valence-electron chi connectivity index (χ4n) is 1.90. The zero-order valence-corrected chi connectivity index (χ0v) is 14.1. The van der Waals surface area contributed by atoms with Gasteiger partial charge >= 0.3 is 0 Å². The third kappa shape index (κ3) is 5.42. The highest BCUT2D eigenvalue weighted by Crippen LogP contribution is 2.11. The zero-order valence-electron chi connectivity index (χ0n) is 14.1. The number of fused-ring (bicyclic) bond motifs is 1.